The summed E-state index contributed by atoms with van der Waals surface area (Å²) in [6, 6.07) is 1.88. The van der Waals surface area contributed by atoms with E-state index in [0.29, 0.717) is 6.42 Å². The Kier molecular flexibility index (Phi) is 3.92. The molecule has 1 atom stereocenters. The number of hydrogen-bond acceptors (Lipinski definition) is 2. The lowest BCUT2D eigenvalue weighted by atomic mass is 9.87. The van der Waals surface area contributed by atoms with Gasteiger partial charge < -0.3 is 0 Å². The van der Waals surface area contributed by atoms with Crippen molar-refractivity contribution in [3.63, 3.8) is 0 Å². The van der Waals surface area contributed by atoms with Crippen molar-refractivity contribution in [1.29, 1.82) is 0 Å². The fraction of sp³-hybridized carbons (Fsp3) is 0.571. The summed E-state index contributed by atoms with van der Waals surface area (Å²) >= 11 is 0. The van der Waals surface area contributed by atoms with Crippen molar-refractivity contribution in [2.75, 3.05) is 0 Å². The number of rotatable bonds is 2. The lowest BCUT2D eigenvalue weighted by Crippen LogP contribution is -2.24. The Morgan fingerprint density at radius 2 is 2.00 bits per heavy atom. The Balaban J connectivity index is 2.16. The first kappa shape index (κ1) is 14.0. The molecule has 0 fully saturated rings. The van der Waals surface area contributed by atoms with E-state index < -0.39 is 12.1 Å². The van der Waals surface area contributed by atoms with Crippen LogP contribution in [0.2, 0.25) is 0 Å². The van der Waals surface area contributed by atoms with Crippen LogP contribution in [0, 0.1) is 5.92 Å². The van der Waals surface area contributed by atoms with E-state index >= 15 is 0 Å². The highest BCUT2D eigenvalue weighted by Crippen LogP contribution is 2.39. The number of hydrogen-bond donors (Lipinski definition) is 0. The third-order valence-corrected chi connectivity index (χ3v) is 3.48. The van der Waals surface area contributed by atoms with Crippen LogP contribution in [0.5, 0.6) is 0 Å². The van der Waals surface area contributed by atoms with Crippen LogP contribution in [0.3, 0.4) is 0 Å². The van der Waals surface area contributed by atoms with Crippen LogP contribution in [0.1, 0.15) is 50.4 Å². The molecule has 0 spiro atoms. The molecule has 1 aromatic rings. The highest BCUT2D eigenvalue weighted by atomic mass is 19.4. The van der Waals surface area contributed by atoms with Gasteiger partial charge >= 0.3 is 6.18 Å². The predicted molar refractivity (Wildman–Crippen MR) is 67.5 cm³/mol. The minimum Gasteiger partial charge on any atom is -0.241 e. The molecule has 0 saturated carbocycles. The molecular weight excluding hydrogens is 253 g/mol. The summed E-state index contributed by atoms with van der Waals surface area (Å²) in [7, 11) is 0. The molecule has 1 aromatic heterocycles. The quantitative estimate of drug-likeness (QED) is 0.798. The van der Waals surface area contributed by atoms with E-state index in [9.17, 15) is 13.2 Å². The second-order valence-electron chi connectivity index (χ2n) is 5.23. The number of halogens is 3. The Morgan fingerprint density at radius 3 is 2.53 bits per heavy atom. The van der Waals surface area contributed by atoms with Gasteiger partial charge in [-0.3, -0.25) is 0 Å². The smallest absolute Gasteiger partial charge is 0.241 e. The molecule has 0 aliphatic heterocycles. The summed E-state index contributed by atoms with van der Waals surface area (Å²) in [5.41, 5.74) is 2.59. The zero-order chi connectivity index (χ0) is 14.0. The molecule has 104 valence electrons. The standard InChI is InChI=1S/C14H17F3N2/c1-9(2)12-7-13(19-8-18-12)10-3-5-11(6-4-10)14(15,16)17/h3,7-9,11H,4-6H2,1-2H3. The zero-order valence-corrected chi connectivity index (χ0v) is 11.0. The van der Waals surface area contributed by atoms with Gasteiger partial charge in [-0.2, -0.15) is 13.2 Å². The molecule has 2 nitrogen and oxygen atoms in total. The SMILES string of the molecule is CC(C)c1cc(C2=CCC(C(F)(F)F)CC2)ncn1. The average Bonchev–Trinajstić information content (AvgIpc) is 2.38. The van der Waals surface area contributed by atoms with Crippen molar-refractivity contribution in [3.05, 3.63) is 29.9 Å². The van der Waals surface area contributed by atoms with Crippen LogP contribution < -0.4 is 0 Å². The predicted octanol–water partition coefficient (Wildman–Crippen LogP) is 4.35. The second kappa shape index (κ2) is 5.31. The summed E-state index contributed by atoms with van der Waals surface area (Å²) in [5.74, 6) is -0.920. The molecule has 5 heteroatoms. The molecule has 0 aromatic carbocycles. The van der Waals surface area contributed by atoms with Gasteiger partial charge in [0.1, 0.15) is 6.33 Å². The fourth-order valence-electron chi connectivity index (χ4n) is 2.23. The summed E-state index contributed by atoms with van der Waals surface area (Å²) in [6.45, 7) is 4.06. The maximum absolute atomic E-state index is 12.6. The normalized spacial score (nSPS) is 20.5. The first-order valence-electron chi connectivity index (χ1n) is 6.46. The maximum Gasteiger partial charge on any atom is 0.392 e. The van der Waals surface area contributed by atoms with Crippen molar-refractivity contribution in [1.82, 2.24) is 9.97 Å². The zero-order valence-electron chi connectivity index (χ0n) is 11.0. The first-order chi connectivity index (χ1) is 8.88. The van der Waals surface area contributed by atoms with Crippen LogP contribution >= 0.6 is 0 Å². The molecule has 1 unspecified atom stereocenters. The van der Waals surface area contributed by atoms with Gasteiger partial charge in [0.25, 0.3) is 0 Å². The minimum absolute atomic E-state index is 0.0554. The van der Waals surface area contributed by atoms with Gasteiger partial charge in [0.2, 0.25) is 0 Å². The van der Waals surface area contributed by atoms with E-state index in [1.807, 2.05) is 19.9 Å². The Bertz CT molecular complexity index is 478. The van der Waals surface area contributed by atoms with Gasteiger partial charge in [0, 0.05) is 5.69 Å². The van der Waals surface area contributed by atoms with Crippen molar-refractivity contribution in [2.45, 2.75) is 45.2 Å². The van der Waals surface area contributed by atoms with Gasteiger partial charge in [-0.1, -0.05) is 19.9 Å². The third kappa shape index (κ3) is 3.33. The lowest BCUT2D eigenvalue weighted by Gasteiger charge is -2.24. The van der Waals surface area contributed by atoms with Crippen LogP contribution in [0.15, 0.2) is 18.5 Å². The van der Waals surface area contributed by atoms with Crippen molar-refractivity contribution >= 4 is 5.57 Å². The van der Waals surface area contributed by atoms with E-state index in [4.69, 9.17) is 0 Å². The minimum atomic E-state index is -4.09. The number of alkyl halides is 3. The van der Waals surface area contributed by atoms with Gasteiger partial charge in [-0.15, -0.1) is 0 Å². The molecule has 0 bridgehead atoms. The number of nitrogens with zero attached hydrogens (tertiary/aromatic N) is 2. The van der Waals surface area contributed by atoms with Gasteiger partial charge in [0.15, 0.2) is 0 Å². The summed E-state index contributed by atoms with van der Waals surface area (Å²) in [6.07, 6.45) is -0.291. The highest BCUT2D eigenvalue weighted by molar-refractivity contribution is 5.63. The van der Waals surface area contributed by atoms with Gasteiger partial charge in [-0.05, 0) is 36.8 Å². The lowest BCUT2D eigenvalue weighted by molar-refractivity contribution is -0.175. The van der Waals surface area contributed by atoms with Crippen LogP contribution in [0.4, 0.5) is 13.2 Å². The van der Waals surface area contributed by atoms with Crippen molar-refractivity contribution in [2.24, 2.45) is 5.92 Å². The van der Waals surface area contributed by atoms with Crippen LogP contribution in [-0.2, 0) is 0 Å². The molecule has 19 heavy (non-hydrogen) atoms. The molecule has 0 saturated heterocycles. The van der Waals surface area contributed by atoms with Gasteiger partial charge in [0.05, 0.1) is 11.6 Å². The van der Waals surface area contributed by atoms with E-state index in [1.54, 1.807) is 6.08 Å². The highest BCUT2D eigenvalue weighted by Gasteiger charge is 2.39. The second-order valence-corrected chi connectivity index (χ2v) is 5.23. The molecular formula is C14H17F3N2. The first-order valence-corrected chi connectivity index (χ1v) is 6.46. The molecule has 1 aliphatic carbocycles. The van der Waals surface area contributed by atoms with E-state index in [1.165, 1.54) is 6.33 Å². The monoisotopic (exact) mass is 270 g/mol. The summed E-state index contributed by atoms with van der Waals surface area (Å²) in [5, 5.41) is 0. The molecule has 1 heterocycles. The maximum atomic E-state index is 12.6. The Morgan fingerprint density at radius 1 is 1.26 bits per heavy atom. The van der Waals surface area contributed by atoms with Crippen molar-refractivity contribution < 1.29 is 13.2 Å². The third-order valence-electron chi connectivity index (χ3n) is 3.48. The largest absolute Gasteiger partial charge is 0.392 e. The topological polar surface area (TPSA) is 25.8 Å². The molecule has 2 rings (SSSR count). The molecule has 1 aliphatic rings. The van der Waals surface area contributed by atoms with Crippen LogP contribution in [0.25, 0.3) is 5.57 Å². The van der Waals surface area contributed by atoms with Crippen LogP contribution in [-0.4, -0.2) is 16.1 Å². The van der Waals surface area contributed by atoms with Crippen molar-refractivity contribution in [3.8, 4) is 0 Å². The average molecular weight is 270 g/mol. The number of allylic oxidation sites excluding steroid dienone is 2. The number of aromatic nitrogens is 2. The van der Waals surface area contributed by atoms with E-state index in [0.717, 1.165) is 17.0 Å². The molecule has 0 amide bonds. The molecule has 0 radical (unpaired) electrons. The Labute approximate surface area is 110 Å². The summed E-state index contributed by atoms with van der Waals surface area (Å²) < 4.78 is 37.8. The Hall–Kier alpha value is -1.39. The fourth-order valence-corrected chi connectivity index (χ4v) is 2.23. The van der Waals surface area contributed by atoms with Gasteiger partial charge in [-0.25, -0.2) is 9.97 Å². The summed E-state index contributed by atoms with van der Waals surface area (Å²) in [4.78, 5) is 8.34. The van der Waals surface area contributed by atoms with E-state index in [-0.39, 0.29) is 18.8 Å². The molecule has 0 N–H and O–H groups in total. The van der Waals surface area contributed by atoms with E-state index in [2.05, 4.69) is 9.97 Å².